The first kappa shape index (κ1) is 15.8. The Bertz CT molecular complexity index is 1020. The molecule has 0 aliphatic carbocycles. The fourth-order valence-electron chi connectivity index (χ4n) is 3.12. The van der Waals surface area contributed by atoms with Gasteiger partial charge in [0, 0.05) is 24.6 Å². The number of carbonyl (C=O) groups excluding carboxylic acids is 1. The molecule has 1 aliphatic heterocycles. The number of fused-ring (bicyclic) bond motifs is 1. The highest BCUT2D eigenvalue weighted by Crippen LogP contribution is 2.31. The van der Waals surface area contributed by atoms with E-state index in [9.17, 15) is 13.2 Å². The topological polar surface area (TPSA) is 109 Å². The Balaban J connectivity index is 1.59. The van der Waals surface area contributed by atoms with E-state index in [1.165, 1.54) is 12.1 Å². The summed E-state index contributed by atoms with van der Waals surface area (Å²) in [6.45, 7) is 0.493. The molecule has 25 heavy (non-hydrogen) atoms. The third-order valence-corrected chi connectivity index (χ3v) is 5.33. The van der Waals surface area contributed by atoms with Crippen molar-refractivity contribution >= 4 is 32.7 Å². The van der Waals surface area contributed by atoms with Gasteiger partial charge in [-0.25, -0.2) is 18.5 Å². The van der Waals surface area contributed by atoms with Crippen LogP contribution in [0.25, 0.3) is 11.0 Å². The van der Waals surface area contributed by atoms with E-state index in [-0.39, 0.29) is 16.7 Å². The Morgan fingerprint density at radius 3 is 2.52 bits per heavy atom. The third-order valence-electron chi connectivity index (χ3n) is 4.40. The summed E-state index contributed by atoms with van der Waals surface area (Å²) in [4.78, 5) is 21.9. The van der Waals surface area contributed by atoms with Crippen LogP contribution in [-0.4, -0.2) is 30.8 Å². The number of H-pyrrole nitrogens is 1. The molecular weight excluding hydrogens is 340 g/mol. The van der Waals surface area contributed by atoms with Crippen molar-refractivity contribution < 1.29 is 13.2 Å². The normalized spacial score (nSPS) is 18.2. The van der Waals surface area contributed by atoms with Gasteiger partial charge in [0.15, 0.2) is 0 Å². The predicted octanol–water partition coefficient (Wildman–Crippen LogP) is 1.73. The minimum absolute atomic E-state index is 0.0196. The Morgan fingerprint density at radius 1 is 1.12 bits per heavy atom. The fraction of sp³-hybridized carbons (Fsp3) is 0.176. The molecule has 1 aliphatic rings. The summed E-state index contributed by atoms with van der Waals surface area (Å²) in [5.41, 5.74) is 2.47. The van der Waals surface area contributed by atoms with Crippen LogP contribution in [0.3, 0.4) is 0 Å². The van der Waals surface area contributed by atoms with E-state index in [1.54, 1.807) is 17.0 Å². The number of nitrogens with one attached hydrogen (secondary N) is 1. The maximum Gasteiger partial charge on any atom is 0.238 e. The number of benzene rings is 2. The van der Waals surface area contributed by atoms with Crippen molar-refractivity contribution in [3.8, 4) is 0 Å². The van der Waals surface area contributed by atoms with Crippen LogP contribution in [0.15, 0.2) is 53.4 Å². The van der Waals surface area contributed by atoms with Gasteiger partial charge in [0.05, 0.1) is 15.9 Å². The molecule has 0 unspecified atom stereocenters. The summed E-state index contributed by atoms with van der Waals surface area (Å²) in [7, 11) is -3.74. The van der Waals surface area contributed by atoms with Gasteiger partial charge in [-0.2, -0.15) is 0 Å². The average molecular weight is 356 g/mol. The number of nitrogens with zero attached hydrogens (tertiary/aromatic N) is 2. The maximum absolute atomic E-state index is 12.4. The number of aromatic nitrogens is 2. The summed E-state index contributed by atoms with van der Waals surface area (Å²) in [5.74, 6) is 0.741. The molecule has 2 aromatic carbocycles. The van der Waals surface area contributed by atoms with Crippen molar-refractivity contribution in [2.45, 2.75) is 17.2 Å². The van der Waals surface area contributed by atoms with Crippen LogP contribution < -0.4 is 10.0 Å². The molecule has 8 heteroatoms. The second-order valence-corrected chi connectivity index (χ2v) is 7.64. The third kappa shape index (κ3) is 2.90. The SMILES string of the molecule is NS(=O)(=O)c1ccc(N2C[C@H](c3nc4ccccc4[nH]3)CC2=O)cc1. The molecule has 1 amide bonds. The van der Waals surface area contributed by atoms with E-state index in [0.717, 1.165) is 16.9 Å². The molecule has 1 saturated heterocycles. The summed E-state index contributed by atoms with van der Waals surface area (Å²) >= 11 is 0. The molecule has 128 valence electrons. The van der Waals surface area contributed by atoms with E-state index in [2.05, 4.69) is 9.97 Å². The summed E-state index contributed by atoms with van der Waals surface area (Å²) in [6.07, 6.45) is 0.358. The number of hydrogen-bond donors (Lipinski definition) is 2. The van der Waals surface area contributed by atoms with E-state index >= 15 is 0 Å². The molecule has 3 N–H and O–H groups in total. The highest BCUT2D eigenvalue weighted by molar-refractivity contribution is 7.89. The van der Waals surface area contributed by atoms with Gasteiger partial charge in [0.2, 0.25) is 15.9 Å². The van der Waals surface area contributed by atoms with Gasteiger partial charge < -0.3 is 9.88 Å². The standard InChI is InChI=1S/C17H16N4O3S/c18-25(23,24)13-7-5-12(6-8-13)21-10-11(9-16(21)22)17-19-14-3-1-2-4-15(14)20-17/h1-8,11H,9-10H2,(H,19,20)(H2,18,23,24)/t11-/m1/s1. The molecule has 0 spiro atoms. The lowest BCUT2D eigenvalue weighted by Gasteiger charge is -2.16. The van der Waals surface area contributed by atoms with Crippen LogP contribution in [0.2, 0.25) is 0 Å². The number of amides is 1. The monoisotopic (exact) mass is 356 g/mol. The van der Waals surface area contributed by atoms with Gasteiger partial charge in [0.1, 0.15) is 5.82 Å². The van der Waals surface area contributed by atoms with Gasteiger partial charge in [-0.05, 0) is 36.4 Å². The zero-order valence-electron chi connectivity index (χ0n) is 13.2. The highest BCUT2D eigenvalue weighted by Gasteiger charge is 2.33. The number of aromatic amines is 1. The van der Waals surface area contributed by atoms with Gasteiger partial charge in [-0.15, -0.1) is 0 Å². The minimum atomic E-state index is -3.74. The predicted molar refractivity (Wildman–Crippen MR) is 93.6 cm³/mol. The van der Waals surface area contributed by atoms with Crippen molar-refractivity contribution in [3.63, 3.8) is 0 Å². The second kappa shape index (κ2) is 5.68. The molecule has 3 aromatic rings. The molecular formula is C17H16N4O3S. The summed E-state index contributed by atoms with van der Waals surface area (Å²) in [6, 6.07) is 13.7. The number of para-hydroxylation sites is 2. The maximum atomic E-state index is 12.4. The van der Waals surface area contributed by atoms with E-state index < -0.39 is 10.0 Å². The zero-order chi connectivity index (χ0) is 17.6. The van der Waals surface area contributed by atoms with Crippen LogP contribution in [0.1, 0.15) is 18.2 Å². The Hall–Kier alpha value is -2.71. The number of nitrogens with two attached hydrogens (primary N) is 1. The molecule has 1 fully saturated rings. The van der Waals surface area contributed by atoms with E-state index in [1.807, 2.05) is 24.3 Å². The van der Waals surface area contributed by atoms with Crippen LogP contribution in [0.5, 0.6) is 0 Å². The highest BCUT2D eigenvalue weighted by atomic mass is 32.2. The molecule has 7 nitrogen and oxygen atoms in total. The molecule has 0 saturated carbocycles. The zero-order valence-corrected chi connectivity index (χ0v) is 14.0. The van der Waals surface area contributed by atoms with Crippen molar-refractivity contribution in [2.24, 2.45) is 5.14 Å². The van der Waals surface area contributed by atoms with Gasteiger partial charge in [-0.3, -0.25) is 4.79 Å². The number of anilines is 1. The van der Waals surface area contributed by atoms with E-state index in [4.69, 9.17) is 5.14 Å². The first-order valence-corrected chi connectivity index (χ1v) is 9.34. The molecule has 1 aromatic heterocycles. The lowest BCUT2D eigenvalue weighted by molar-refractivity contribution is -0.117. The van der Waals surface area contributed by atoms with Crippen molar-refractivity contribution in [1.29, 1.82) is 0 Å². The van der Waals surface area contributed by atoms with Crippen LogP contribution in [-0.2, 0) is 14.8 Å². The number of sulfonamides is 1. The van der Waals surface area contributed by atoms with Gasteiger partial charge in [0.25, 0.3) is 0 Å². The molecule has 0 radical (unpaired) electrons. The molecule has 4 rings (SSSR count). The lowest BCUT2D eigenvalue weighted by Crippen LogP contribution is -2.24. The fourth-order valence-corrected chi connectivity index (χ4v) is 3.64. The van der Waals surface area contributed by atoms with Crippen LogP contribution in [0.4, 0.5) is 5.69 Å². The van der Waals surface area contributed by atoms with Crippen molar-refractivity contribution in [2.75, 3.05) is 11.4 Å². The smallest absolute Gasteiger partial charge is 0.238 e. The van der Waals surface area contributed by atoms with Gasteiger partial charge in [-0.1, -0.05) is 12.1 Å². The quantitative estimate of drug-likeness (QED) is 0.745. The van der Waals surface area contributed by atoms with Crippen molar-refractivity contribution in [1.82, 2.24) is 9.97 Å². The number of primary sulfonamides is 1. The number of carbonyl (C=O) groups is 1. The Labute approximate surface area is 144 Å². The Kier molecular flexibility index (Phi) is 3.59. The Morgan fingerprint density at radius 2 is 1.84 bits per heavy atom. The van der Waals surface area contributed by atoms with Crippen LogP contribution in [0, 0.1) is 0 Å². The van der Waals surface area contributed by atoms with E-state index in [0.29, 0.717) is 18.7 Å². The number of hydrogen-bond acceptors (Lipinski definition) is 4. The minimum Gasteiger partial charge on any atom is -0.342 e. The number of rotatable bonds is 3. The molecule has 1 atom stereocenters. The molecule has 2 heterocycles. The largest absolute Gasteiger partial charge is 0.342 e. The lowest BCUT2D eigenvalue weighted by atomic mass is 10.1. The first-order valence-electron chi connectivity index (χ1n) is 7.80. The second-order valence-electron chi connectivity index (χ2n) is 6.08. The number of imidazole rings is 1. The van der Waals surface area contributed by atoms with Crippen LogP contribution >= 0.6 is 0 Å². The van der Waals surface area contributed by atoms with Crippen molar-refractivity contribution in [3.05, 3.63) is 54.4 Å². The summed E-state index contributed by atoms with van der Waals surface area (Å²) < 4.78 is 22.7. The first-order chi connectivity index (χ1) is 11.9. The summed E-state index contributed by atoms with van der Waals surface area (Å²) in [5, 5.41) is 5.10. The average Bonchev–Trinajstić information content (AvgIpc) is 3.17. The van der Waals surface area contributed by atoms with Gasteiger partial charge >= 0.3 is 0 Å². The molecule has 0 bridgehead atoms.